The maximum absolute atomic E-state index is 12.6. The quantitative estimate of drug-likeness (QED) is 0.365. The number of carbonyl (C=O) groups is 1. The fourth-order valence-electron chi connectivity index (χ4n) is 3.42. The van der Waals surface area contributed by atoms with Crippen molar-refractivity contribution in [3.05, 3.63) is 81.8 Å². The Morgan fingerprint density at radius 2 is 1.84 bits per heavy atom. The third kappa shape index (κ3) is 4.87. The molecule has 1 N–H and O–H groups in total. The van der Waals surface area contributed by atoms with E-state index in [0.29, 0.717) is 27.8 Å². The Morgan fingerprint density at radius 1 is 1.12 bits per heavy atom. The zero-order valence-corrected chi connectivity index (χ0v) is 19.8. The van der Waals surface area contributed by atoms with E-state index in [1.807, 2.05) is 41.9 Å². The van der Waals surface area contributed by atoms with Crippen molar-refractivity contribution in [2.24, 2.45) is 0 Å². The molecule has 32 heavy (non-hydrogen) atoms. The van der Waals surface area contributed by atoms with Crippen LogP contribution in [0.3, 0.4) is 0 Å². The van der Waals surface area contributed by atoms with Crippen LogP contribution in [0.1, 0.15) is 27.3 Å². The van der Waals surface area contributed by atoms with Crippen LogP contribution < -0.4 is 5.32 Å². The molecule has 0 atom stereocenters. The Bertz CT molecular complexity index is 1360. The second-order valence-electron chi connectivity index (χ2n) is 7.41. The fraction of sp³-hybridized carbons (Fsp3) is 0.217. The summed E-state index contributed by atoms with van der Waals surface area (Å²) in [6, 6.07) is 17.8. The summed E-state index contributed by atoms with van der Waals surface area (Å²) in [6.07, 6.45) is 0.340. The highest BCUT2D eigenvalue weighted by atomic mass is 35.5. The number of sulfone groups is 1. The highest BCUT2D eigenvalue weighted by molar-refractivity contribution is 7.91. The molecule has 166 valence electrons. The molecule has 0 spiro atoms. The fourth-order valence-corrected chi connectivity index (χ4v) is 6.02. The van der Waals surface area contributed by atoms with E-state index in [4.69, 9.17) is 11.6 Å². The largest absolute Gasteiger partial charge is 0.351 e. The zero-order valence-electron chi connectivity index (χ0n) is 17.4. The van der Waals surface area contributed by atoms with Crippen LogP contribution in [0.5, 0.6) is 0 Å². The summed E-state index contributed by atoms with van der Waals surface area (Å²) < 4.78 is 26.6. The Balaban J connectivity index is 1.40. The molecule has 4 rings (SSSR count). The third-order valence-corrected chi connectivity index (χ3v) is 8.42. The van der Waals surface area contributed by atoms with Crippen molar-refractivity contribution in [3.8, 4) is 0 Å². The van der Waals surface area contributed by atoms with Gasteiger partial charge < -0.3 is 5.32 Å². The number of halogens is 1. The average molecular weight is 488 g/mol. The number of aryl methyl sites for hydroxylation is 1. The standard InChI is InChI=1S/C23H22ClN3O3S2/c1-16-19-14-21(31-23(19)27(26-16)15-17-8-5-6-11-20(17)24)22(28)25-12-7-13-32(29,30)18-9-3-2-4-10-18/h2-6,8-11,14H,7,12-13,15H2,1H3,(H,25,28). The van der Waals surface area contributed by atoms with E-state index < -0.39 is 9.84 Å². The number of hydrogen-bond acceptors (Lipinski definition) is 5. The molecule has 2 aromatic carbocycles. The second kappa shape index (κ2) is 9.44. The van der Waals surface area contributed by atoms with Gasteiger partial charge in [0.1, 0.15) is 4.83 Å². The van der Waals surface area contributed by atoms with E-state index in [1.54, 1.807) is 30.3 Å². The predicted octanol–water partition coefficient (Wildman–Crippen LogP) is 4.70. The maximum Gasteiger partial charge on any atom is 0.261 e. The normalized spacial score (nSPS) is 11.7. The molecule has 0 saturated heterocycles. The molecule has 0 bridgehead atoms. The van der Waals surface area contributed by atoms with Gasteiger partial charge in [0.05, 0.1) is 27.8 Å². The summed E-state index contributed by atoms with van der Waals surface area (Å²) in [5.41, 5.74) is 1.80. The van der Waals surface area contributed by atoms with Gasteiger partial charge in [0.2, 0.25) is 0 Å². The van der Waals surface area contributed by atoms with Crippen molar-refractivity contribution in [3.63, 3.8) is 0 Å². The second-order valence-corrected chi connectivity index (χ2v) is 11.0. The van der Waals surface area contributed by atoms with E-state index in [-0.39, 0.29) is 18.2 Å². The van der Waals surface area contributed by atoms with Crippen LogP contribution in [-0.4, -0.2) is 36.4 Å². The number of amides is 1. The van der Waals surface area contributed by atoms with Crippen LogP contribution >= 0.6 is 22.9 Å². The average Bonchev–Trinajstić information content (AvgIpc) is 3.35. The monoisotopic (exact) mass is 487 g/mol. The van der Waals surface area contributed by atoms with Gasteiger partial charge in [0.15, 0.2) is 9.84 Å². The maximum atomic E-state index is 12.6. The molecule has 0 aliphatic rings. The lowest BCUT2D eigenvalue weighted by Gasteiger charge is -2.06. The first kappa shape index (κ1) is 22.5. The van der Waals surface area contributed by atoms with E-state index in [2.05, 4.69) is 10.4 Å². The van der Waals surface area contributed by atoms with E-state index >= 15 is 0 Å². The molecule has 0 unspecified atom stereocenters. The number of aromatic nitrogens is 2. The van der Waals surface area contributed by atoms with Gasteiger partial charge in [0.25, 0.3) is 5.91 Å². The lowest BCUT2D eigenvalue weighted by Crippen LogP contribution is -2.25. The van der Waals surface area contributed by atoms with Crippen molar-refractivity contribution in [2.75, 3.05) is 12.3 Å². The van der Waals surface area contributed by atoms with Crippen molar-refractivity contribution in [1.29, 1.82) is 0 Å². The van der Waals surface area contributed by atoms with Gasteiger partial charge in [0, 0.05) is 17.0 Å². The summed E-state index contributed by atoms with van der Waals surface area (Å²) >= 11 is 7.65. The number of nitrogens with one attached hydrogen (secondary N) is 1. The van der Waals surface area contributed by atoms with Crippen LogP contribution in [-0.2, 0) is 16.4 Å². The smallest absolute Gasteiger partial charge is 0.261 e. The molecule has 9 heteroatoms. The number of thiophene rings is 1. The molecule has 4 aromatic rings. The Hall–Kier alpha value is -2.68. The van der Waals surface area contributed by atoms with Crippen molar-refractivity contribution >= 4 is 48.9 Å². The van der Waals surface area contributed by atoms with Crippen LogP contribution in [0.4, 0.5) is 0 Å². The molecule has 6 nitrogen and oxygen atoms in total. The molecule has 1 amide bonds. The molecule has 0 aliphatic carbocycles. The molecule has 2 heterocycles. The van der Waals surface area contributed by atoms with Crippen LogP contribution in [0.25, 0.3) is 10.2 Å². The van der Waals surface area contributed by atoms with E-state index in [0.717, 1.165) is 21.5 Å². The number of fused-ring (bicyclic) bond motifs is 1. The van der Waals surface area contributed by atoms with Gasteiger partial charge in [-0.15, -0.1) is 11.3 Å². The van der Waals surface area contributed by atoms with E-state index in [9.17, 15) is 13.2 Å². The van der Waals surface area contributed by atoms with Gasteiger partial charge in [-0.25, -0.2) is 8.42 Å². The van der Waals surface area contributed by atoms with Crippen molar-refractivity contribution < 1.29 is 13.2 Å². The van der Waals surface area contributed by atoms with Crippen LogP contribution in [0.15, 0.2) is 65.6 Å². The lowest BCUT2D eigenvalue weighted by atomic mass is 10.2. The highest BCUT2D eigenvalue weighted by Crippen LogP contribution is 2.29. The van der Waals surface area contributed by atoms with Crippen molar-refractivity contribution in [2.45, 2.75) is 24.8 Å². The molecule has 0 fully saturated rings. The first-order valence-electron chi connectivity index (χ1n) is 10.1. The first-order valence-corrected chi connectivity index (χ1v) is 13.0. The summed E-state index contributed by atoms with van der Waals surface area (Å²) in [5.74, 6) is -0.234. The van der Waals surface area contributed by atoms with Crippen LogP contribution in [0, 0.1) is 6.92 Å². The van der Waals surface area contributed by atoms with Gasteiger partial charge in [-0.05, 0) is 43.2 Å². The zero-order chi connectivity index (χ0) is 22.7. The summed E-state index contributed by atoms with van der Waals surface area (Å²) in [7, 11) is -3.35. The third-order valence-electron chi connectivity index (χ3n) is 5.09. The summed E-state index contributed by atoms with van der Waals surface area (Å²) in [5, 5.41) is 9.02. The minimum absolute atomic E-state index is 0.0182. The number of hydrogen-bond donors (Lipinski definition) is 1. The SMILES string of the molecule is Cc1nn(Cc2ccccc2Cl)c2sc(C(=O)NCCCS(=O)(=O)c3ccccc3)cc12. The van der Waals surface area contributed by atoms with E-state index in [1.165, 1.54) is 11.3 Å². The first-order chi connectivity index (χ1) is 15.3. The minimum Gasteiger partial charge on any atom is -0.351 e. The predicted molar refractivity (Wildman–Crippen MR) is 128 cm³/mol. The topological polar surface area (TPSA) is 81.1 Å². The molecule has 0 aliphatic heterocycles. The molecular formula is C23H22ClN3O3S2. The Labute approximate surface area is 195 Å². The van der Waals surface area contributed by atoms with Crippen molar-refractivity contribution in [1.82, 2.24) is 15.1 Å². The molecular weight excluding hydrogens is 466 g/mol. The molecule has 2 aromatic heterocycles. The number of rotatable bonds is 8. The summed E-state index contributed by atoms with van der Waals surface area (Å²) in [4.78, 5) is 14.4. The highest BCUT2D eigenvalue weighted by Gasteiger charge is 2.18. The number of carbonyl (C=O) groups excluding carboxylic acids is 1. The van der Waals surface area contributed by atoms with Gasteiger partial charge in [-0.3, -0.25) is 9.48 Å². The number of nitrogens with zero attached hydrogens (tertiary/aromatic N) is 2. The Kier molecular flexibility index (Phi) is 6.64. The Morgan fingerprint density at radius 3 is 2.59 bits per heavy atom. The minimum atomic E-state index is -3.35. The lowest BCUT2D eigenvalue weighted by molar-refractivity contribution is 0.0958. The van der Waals surface area contributed by atoms with Gasteiger partial charge in [-0.1, -0.05) is 48.0 Å². The summed E-state index contributed by atoms with van der Waals surface area (Å²) in [6.45, 7) is 2.71. The molecule has 0 saturated carbocycles. The van der Waals surface area contributed by atoms with Gasteiger partial charge in [-0.2, -0.15) is 5.10 Å². The van der Waals surface area contributed by atoms with Gasteiger partial charge >= 0.3 is 0 Å². The molecule has 0 radical (unpaired) electrons. The number of benzene rings is 2. The van der Waals surface area contributed by atoms with Crippen LogP contribution in [0.2, 0.25) is 5.02 Å².